The topological polar surface area (TPSA) is 99.9 Å². The molecule has 0 unspecified atom stereocenters. The molecule has 7 nitrogen and oxygen atoms in total. The molecule has 0 radical (unpaired) electrons. The van der Waals surface area contributed by atoms with E-state index in [1.165, 1.54) is 0 Å². The molecule has 0 fully saturated rings. The van der Waals surface area contributed by atoms with Crippen molar-refractivity contribution in [2.75, 3.05) is 11.9 Å². The monoisotopic (exact) mass is 326 g/mol. The molecule has 1 amide bonds. The van der Waals surface area contributed by atoms with Gasteiger partial charge in [-0.1, -0.05) is 12.1 Å². The molecule has 0 bridgehead atoms. The number of aromatic amines is 2. The van der Waals surface area contributed by atoms with Gasteiger partial charge in [0.1, 0.15) is 5.69 Å². The summed E-state index contributed by atoms with van der Waals surface area (Å²) in [6, 6.07) is 7.49. The molecule has 2 aromatic heterocycles. The Morgan fingerprint density at radius 1 is 1.21 bits per heavy atom. The van der Waals surface area contributed by atoms with Crippen LogP contribution in [0.2, 0.25) is 0 Å². The number of H-pyrrole nitrogens is 2. The van der Waals surface area contributed by atoms with E-state index in [1.54, 1.807) is 20.8 Å². The van der Waals surface area contributed by atoms with Crippen LogP contribution < -0.4 is 5.32 Å². The van der Waals surface area contributed by atoms with Crippen molar-refractivity contribution in [2.45, 2.75) is 20.8 Å². The molecule has 0 saturated heterocycles. The Kier molecular flexibility index (Phi) is 4.07. The Morgan fingerprint density at radius 3 is 2.67 bits per heavy atom. The summed E-state index contributed by atoms with van der Waals surface area (Å²) in [5.74, 6) is -0.456. The number of esters is 1. The van der Waals surface area contributed by atoms with Crippen LogP contribution in [0.5, 0.6) is 0 Å². The van der Waals surface area contributed by atoms with Crippen molar-refractivity contribution in [3.05, 3.63) is 46.8 Å². The van der Waals surface area contributed by atoms with Crippen LogP contribution in [0.25, 0.3) is 11.0 Å². The quantitative estimate of drug-likeness (QED) is 0.642. The van der Waals surface area contributed by atoms with Crippen LogP contribution in [0, 0.1) is 13.8 Å². The number of anilines is 1. The second kappa shape index (κ2) is 6.19. The van der Waals surface area contributed by atoms with Crippen molar-refractivity contribution in [3.8, 4) is 0 Å². The normalized spacial score (nSPS) is 10.8. The highest BCUT2D eigenvalue weighted by Crippen LogP contribution is 2.20. The number of benzene rings is 1. The molecule has 124 valence electrons. The van der Waals surface area contributed by atoms with Gasteiger partial charge in [0, 0.05) is 5.69 Å². The molecule has 0 aliphatic rings. The Bertz CT molecular complexity index is 890. The average molecular weight is 326 g/mol. The number of fused-ring (bicyclic) bond motifs is 1. The molecule has 3 rings (SSSR count). The van der Waals surface area contributed by atoms with Crippen molar-refractivity contribution in [1.82, 2.24) is 15.0 Å². The first-order valence-corrected chi connectivity index (χ1v) is 7.63. The number of rotatable bonds is 4. The summed E-state index contributed by atoms with van der Waals surface area (Å²) < 4.78 is 5.03. The zero-order valence-corrected chi connectivity index (χ0v) is 13.7. The molecule has 2 heterocycles. The molecule has 7 heteroatoms. The minimum Gasteiger partial charge on any atom is -0.462 e. The molecule has 0 aliphatic carbocycles. The highest BCUT2D eigenvalue weighted by atomic mass is 16.5. The maximum absolute atomic E-state index is 12.5. The van der Waals surface area contributed by atoms with E-state index < -0.39 is 5.97 Å². The van der Waals surface area contributed by atoms with Gasteiger partial charge in [0.25, 0.3) is 5.91 Å². The molecule has 0 spiro atoms. The van der Waals surface area contributed by atoms with E-state index in [9.17, 15) is 9.59 Å². The maximum atomic E-state index is 12.5. The van der Waals surface area contributed by atoms with Gasteiger partial charge < -0.3 is 14.7 Å². The molecule has 3 N–H and O–H groups in total. The van der Waals surface area contributed by atoms with Crippen molar-refractivity contribution in [3.63, 3.8) is 0 Å². The predicted molar refractivity (Wildman–Crippen MR) is 90.3 cm³/mol. The summed E-state index contributed by atoms with van der Waals surface area (Å²) in [5.41, 5.74) is 3.46. The molecule has 0 atom stereocenters. The summed E-state index contributed by atoms with van der Waals surface area (Å²) in [6.07, 6.45) is 0. The van der Waals surface area contributed by atoms with Crippen molar-refractivity contribution in [2.24, 2.45) is 0 Å². The van der Waals surface area contributed by atoms with Gasteiger partial charge in [-0.05, 0) is 38.5 Å². The van der Waals surface area contributed by atoms with E-state index in [4.69, 9.17) is 4.74 Å². The highest BCUT2D eigenvalue weighted by Gasteiger charge is 2.23. The van der Waals surface area contributed by atoms with Gasteiger partial charge in [0.2, 0.25) is 5.95 Å². The van der Waals surface area contributed by atoms with E-state index >= 15 is 0 Å². The van der Waals surface area contributed by atoms with Gasteiger partial charge in [-0.2, -0.15) is 0 Å². The second-order valence-corrected chi connectivity index (χ2v) is 5.40. The standard InChI is InChI=1S/C17H18N4O3/c1-4-24-16(23)13-9(2)14(18-10(13)3)15(22)21-17-19-11-7-5-6-8-12(11)20-17/h5-8,18H,4H2,1-3H3,(H2,19,20,21,22). The lowest BCUT2D eigenvalue weighted by molar-refractivity contribution is 0.0525. The molecular weight excluding hydrogens is 308 g/mol. The number of hydrogen-bond donors (Lipinski definition) is 3. The second-order valence-electron chi connectivity index (χ2n) is 5.40. The zero-order valence-electron chi connectivity index (χ0n) is 13.7. The Labute approximate surface area is 138 Å². The molecular formula is C17H18N4O3. The number of aromatic nitrogens is 3. The number of nitrogens with one attached hydrogen (secondary N) is 3. The first kappa shape index (κ1) is 15.8. The smallest absolute Gasteiger partial charge is 0.340 e. The number of amides is 1. The third-order valence-electron chi connectivity index (χ3n) is 3.77. The van der Waals surface area contributed by atoms with Gasteiger partial charge in [-0.25, -0.2) is 9.78 Å². The average Bonchev–Trinajstić information content (AvgIpc) is 3.07. The summed E-state index contributed by atoms with van der Waals surface area (Å²) in [5, 5.41) is 2.71. The predicted octanol–water partition coefficient (Wildman–Crippen LogP) is 2.94. The third kappa shape index (κ3) is 2.76. The number of aryl methyl sites for hydroxylation is 1. The van der Waals surface area contributed by atoms with E-state index in [2.05, 4.69) is 20.3 Å². The van der Waals surface area contributed by atoms with Crippen LogP contribution in [0.1, 0.15) is 39.0 Å². The van der Waals surface area contributed by atoms with Crippen LogP contribution >= 0.6 is 0 Å². The number of hydrogen-bond acceptors (Lipinski definition) is 4. The van der Waals surface area contributed by atoms with Gasteiger partial charge in [0.05, 0.1) is 23.2 Å². The lowest BCUT2D eigenvalue weighted by Gasteiger charge is -2.03. The van der Waals surface area contributed by atoms with Crippen molar-refractivity contribution >= 4 is 28.9 Å². The van der Waals surface area contributed by atoms with Crippen LogP contribution in [0.3, 0.4) is 0 Å². The van der Waals surface area contributed by atoms with E-state index in [1.807, 2.05) is 24.3 Å². The molecule has 0 aliphatic heterocycles. The number of nitrogens with zero attached hydrogens (tertiary/aromatic N) is 1. The Hall–Kier alpha value is -3.09. The van der Waals surface area contributed by atoms with E-state index in [0.29, 0.717) is 28.5 Å². The highest BCUT2D eigenvalue weighted by molar-refractivity contribution is 6.06. The van der Waals surface area contributed by atoms with Gasteiger partial charge in [0.15, 0.2) is 0 Å². The maximum Gasteiger partial charge on any atom is 0.340 e. The number of carbonyl (C=O) groups is 2. The van der Waals surface area contributed by atoms with E-state index in [-0.39, 0.29) is 12.5 Å². The fourth-order valence-electron chi connectivity index (χ4n) is 2.67. The minimum atomic E-state index is -0.438. The molecule has 1 aromatic carbocycles. The minimum absolute atomic E-state index is 0.281. The van der Waals surface area contributed by atoms with Crippen LogP contribution in [-0.4, -0.2) is 33.4 Å². The lowest BCUT2D eigenvalue weighted by atomic mass is 10.1. The van der Waals surface area contributed by atoms with Crippen LogP contribution in [0.4, 0.5) is 5.95 Å². The Morgan fingerprint density at radius 2 is 1.96 bits per heavy atom. The number of carbonyl (C=O) groups excluding carboxylic acids is 2. The summed E-state index contributed by atoms with van der Waals surface area (Å²) in [4.78, 5) is 34.8. The van der Waals surface area contributed by atoms with E-state index in [0.717, 1.165) is 11.0 Å². The van der Waals surface area contributed by atoms with Gasteiger partial charge >= 0.3 is 5.97 Å². The fraction of sp³-hybridized carbons (Fsp3) is 0.235. The number of imidazole rings is 1. The summed E-state index contributed by atoms with van der Waals surface area (Å²) in [6.45, 7) is 5.47. The third-order valence-corrected chi connectivity index (χ3v) is 3.77. The SMILES string of the molecule is CCOC(=O)c1c(C)[nH]c(C(=O)Nc2nc3ccccc3[nH]2)c1C. The molecule has 0 saturated carbocycles. The number of ether oxygens (including phenoxy) is 1. The number of para-hydroxylation sites is 2. The zero-order chi connectivity index (χ0) is 17.3. The molecule has 24 heavy (non-hydrogen) atoms. The van der Waals surface area contributed by atoms with Crippen molar-refractivity contribution < 1.29 is 14.3 Å². The van der Waals surface area contributed by atoms with Crippen LogP contribution in [0.15, 0.2) is 24.3 Å². The van der Waals surface area contributed by atoms with Gasteiger partial charge in [-0.3, -0.25) is 10.1 Å². The Balaban J connectivity index is 1.87. The largest absolute Gasteiger partial charge is 0.462 e. The molecule has 3 aromatic rings. The summed E-state index contributed by atoms with van der Waals surface area (Å²) in [7, 11) is 0. The first-order valence-electron chi connectivity index (χ1n) is 7.63. The van der Waals surface area contributed by atoms with Crippen molar-refractivity contribution in [1.29, 1.82) is 0 Å². The van der Waals surface area contributed by atoms with Crippen LogP contribution in [-0.2, 0) is 4.74 Å². The summed E-state index contributed by atoms with van der Waals surface area (Å²) >= 11 is 0. The lowest BCUT2D eigenvalue weighted by Crippen LogP contribution is -2.15. The van der Waals surface area contributed by atoms with Gasteiger partial charge in [-0.15, -0.1) is 0 Å². The first-order chi connectivity index (χ1) is 11.5. The fourth-order valence-corrected chi connectivity index (χ4v) is 2.67.